The zero-order chi connectivity index (χ0) is 7.68. The van der Waals surface area contributed by atoms with Crippen LogP contribution in [0.3, 0.4) is 0 Å². The molecular formula is C9H7NO. The Morgan fingerprint density at radius 1 is 1.45 bits per heavy atom. The molecule has 0 fully saturated rings. The van der Waals surface area contributed by atoms with Gasteiger partial charge in [-0.15, -0.1) is 0 Å². The van der Waals surface area contributed by atoms with E-state index in [4.69, 9.17) is 0 Å². The second kappa shape index (κ2) is 2.31. The third-order valence-corrected chi connectivity index (χ3v) is 1.73. The summed E-state index contributed by atoms with van der Waals surface area (Å²) in [5, 5.41) is 0. The molecule has 0 bridgehead atoms. The number of fused-ring (bicyclic) bond motifs is 1. The van der Waals surface area contributed by atoms with Gasteiger partial charge in [-0.2, -0.15) is 0 Å². The molecule has 2 aliphatic rings. The molecule has 2 rings (SSSR count). The van der Waals surface area contributed by atoms with Gasteiger partial charge in [-0.3, -0.25) is 9.79 Å². The number of ketones is 1. The SMILES string of the molecule is O=C1C=CC=C2CC=CN=C12. The Morgan fingerprint density at radius 2 is 2.36 bits per heavy atom. The van der Waals surface area contributed by atoms with Crippen LogP contribution in [-0.4, -0.2) is 11.5 Å². The lowest BCUT2D eigenvalue weighted by Gasteiger charge is -2.10. The Bertz CT molecular complexity index is 318. The molecule has 0 saturated heterocycles. The van der Waals surface area contributed by atoms with E-state index in [0.717, 1.165) is 12.0 Å². The summed E-state index contributed by atoms with van der Waals surface area (Å²) >= 11 is 0. The van der Waals surface area contributed by atoms with Crippen molar-refractivity contribution < 1.29 is 4.79 Å². The first-order valence-corrected chi connectivity index (χ1v) is 3.53. The lowest BCUT2D eigenvalue weighted by molar-refractivity contribution is -0.108. The number of hydrogen-bond donors (Lipinski definition) is 0. The number of rotatable bonds is 0. The molecule has 0 N–H and O–H groups in total. The summed E-state index contributed by atoms with van der Waals surface area (Å²) < 4.78 is 0. The monoisotopic (exact) mass is 145 g/mol. The van der Waals surface area contributed by atoms with Gasteiger partial charge in [0.25, 0.3) is 0 Å². The smallest absolute Gasteiger partial charge is 0.204 e. The fraction of sp³-hybridized carbons (Fsp3) is 0.111. The summed E-state index contributed by atoms with van der Waals surface area (Å²) in [6, 6.07) is 0. The van der Waals surface area contributed by atoms with Crippen LogP contribution < -0.4 is 0 Å². The average molecular weight is 145 g/mol. The lowest BCUT2D eigenvalue weighted by atomic mass is 9.97. The van der Waals surface area contributed by atoms with Gasteiger partial charge in [0.2, 0.25) is 5.78 Å². The maximum Gasteiger partial charge on any atom is 0.204 e. The fourth-order valence-corrected chi connectivity index (χ4v) is 1.19. The minimum absolute atomic E-state index is 0.0202. The van der Waals surface area contributed by atoms with E-state index in [1.807, 2.05) is 12.2 Å². The summed E-state index contributed by atoms with van der Waals surface area (Å²) in [6.45, 7) is 0. The van der Waals surface area contributed by atoms with Crippen molar-refractivity contribution in [1.29, 1.82) is 0 Å². The summed E-state index contributed by atoms with van der Waals surface area (Å²) in [7, 11) is 0. The molecule has 54 valence electrons. The van der Waals surface area contributed by atoms with Gasteiger partial charge < -0.3 is 0 Å². The highest BCUT2D eigenvalue weighted by Gasteiger charge is 2.16. The van der Waals surface area contributed by atoms with E-state index in [1.165, 1.54) is 0 Å². The first kappa shape index (κ1) is 6.28. The molecule has 11 heavy (non-hydrogen) atoms. The van der Waals surface area contributed by atoms with Gasteiger partial charge in [-0.25, -0.2) is 0 Å². The Hall–Kier alpha value is -1.44. The van der Waals surface area contributed by atoms with E-state index >= 15 is 0 Å². The molecule has 0 spiro atoms. The number of carbonyl (C=O) groups is 1. The first-order chi connectivity index (χ1) is 5.38. The molecule has 0 atom stereocenters. The van der Waals surface area contributed by atoms with Gasteiger partial charge >= 0.3 is 0 Å². The van der Waals surface area contributed by atoms with Gasteiger partial charge in [-0.05, 0) is 18.1 Å². The van der Waals surface area contributed by atoms with Crippen LogP contribution in [0.4, 0.5) is 0 Å². The molecule has 2 heteroatoms. The average Bonchev–Trinajstić information content (AvgIpc) is 2.06. The van der Waals surface area contributed by atoms with E-state index < -0.39 is 0 Å². The predicted molar refractivity (Wildman–Crippen MR) is 43.4 cm³/mol. The highest BCUT2D eigenvalue weighted by molar-refractivity contribution is 6.50. The Morgan fingerprint density at radius 3 is 3.18 bits per heavy atom. The van der Waals surface area contributed by atoms with Crippen molar-refractivity contribution >= 4 is 11.5 Å². The number of allylic oxidation sites excluding steroid dienone is 5. The van der Waals surface area contributed by atoms with Crippen LogP contribution in [0.25, 0.3) is 0 Å². The molecule has 0 aromatic rings. The van der Waals surface area contributed by atoms with Crippen LogP contribution >= 0.6 is 0 Å². The lowest BCUT2D eigenvalue weighted by Crippen LogP contribution is -2.17. The molecule has 2 nitrogen and oxygen atoms in total. The van der Waals surface area contributed by atoms with E-state index in [-0.39, 0.29) is 5.78 Å². The van der Waals surface area contributed by atoms with Crippen molar-refractivity contribution in [3.63, 3.8) is 0 Å². The first-order valence-electron chi connectivity index (χ1n) is 3.53. The van der Waals surface area contributed by atoms with Crippen molar-refractivity contribution in [1.82, 2.24) is 0 Å². The summed E-state index contributed by atoms with van der Waals surface area (Å²) in [5.74, 6) is 0.0202. The van der Waals surface area contributed by atoms with Crippen molar-refractivity contribution in [3.05, 3.63) is 36.1 Å². The maximum atomic E-state index is 11.1. The molecule has 0 aromatic heterocycles. The Kier molecular flexibility index (Phi) is 1.32. The summed E-state index contributed by atoms with van der Waals surface area (Å²) in [6.07, 6.45) is 9.71. The third kappa shape index (κ3) is 0.963. The second-order valence-corrected chi connectivity index (χ2v) is 2.48. The summed E-state index contributed by atoms with van der Waals surface area (Å²) in [4.78, 5) is 15.1. The van der Waals surface area contributed by atoms with Crippen LogP contribution in [0, 0.1) is 0 Å². The number of carbonyl (C=O) groups excluding carboxylic acids is 1. The van der Waals surface area contributed by atoms with Crippen LogP contribution in [0.5, 0.6) is 0 Å². The normalized spacial score (nSPS) is 20.9. The molecule has 1 aliphatic heterocycles. The van der Waals surface area contributed by atoms with E-state index in [2.05, 4.69) is 4.99 Å². The van der Waals surface area contributed by atoms with Crippen LogP contribution in [0.1, 0.15) is 6.42 Å². The highest BCUT2D eigenvalue weighted by atomic mass is 16.1. The fourth-order valence-electron chi connectivity index (χ4n) is 1.19. The molecule has 0 amide bonds. The topological polar surface area (TPSA) is 29.4 Å². The number of aliphatic imine (C=N–C) groups is 1. The maximum absolute atomic E-state index is 11.1. The predicted octanol–water partition coefficient (Wildman–Crippen LogP) is 1.41. The molecule has 0 aromatic carbocycles. The molecule has 0 saturated carbocycles. The molecule has 0 unspecified atom stereocenters. The summed E-state index contributed by atoms with van der Waals surface area (Å²) in [5.41, 5.74) is 1.63. The quantitative estimate of drug-likeness (QED) is 0.474. The van der Waals surface area contributed by atoms with Crippen LogP contribution in [-0.2, 0) is 4.79 Å². The highest BCUT2D eigenvalue weighted by Crippen LogP contribution is 2.15. The Balaban J connectivity index is 2.48. The van der Waals surface area contributed by atoms with Crippen molar-refractivity contribution in [3.8, 4) is 0 Å². The van der Waals surface area contributed by atoms with Gasteiger partial charge in [-0.1, -0.05) is 18.2 Å². The minimum Gasteiger partial charge on any atom is -0.288 e. The van der Waals surface area contributed by atoms with E-state index in [9.17, 15) is 4.79 Å². The van der Waals surface area contributed by atoms with E-state index in [1.54, 1.807) is 18.4 Å². The van der Waals surface area contributed by atoms with Gasteiger partial charge in [0.05, 0.1) is 0 Å². The molecular weight excluding hydrogens is 138 g/mol. The van der Waals surface area contributed by atoms with Crippen LogP contribution in [0.15, 0.2) is 41.1 Å². The molecule has 0 radical (unpaired) electrons. The molecule has 1 aliphatic carbocycles. The third-order valence-electron chi connectivity index (χ3n) is 1.73. The van der Waals surface area contributed by atoms with Gasteiger partial charge in [0, 0.05) is 6.20 Å². The standard InChI is InChI=1S/C9H7NO/c11-8-5-1-3-7-4-2-6-10-9(7)8/h1-3,5-6H,4H2. The number of hydrogen-bond acceptors (Lipinski definition) is 2. The van der Waals surface area contributed by atoms with E-state index in [0.29, 0.717) is 5.71 Å². The van der Waals surface area contributed by atoms with Gasteiger partial charge in [0.15, 0.2) is 0 Å². The zero-order valence-corrected chi connectivity index (χ0v) is 5.95. The van der Waals surface area contributed by atoms with Gasteiger partial charge in [0.1, 0.15) is 5.71 Å². The van der Waals surface area contributed by atoms with Crippen molar-refractivity contribution in [2.45, 2.75) is 6.42 Å². The zero-order valence-electron chi connectivity index (χ0n) is 5.95. The van der Waals surface area contributed by atoms with Crippen molar-refractivity contribution in [2.24, 2.45) is 4.99 Å². The Labute approximate surface area is 64.6 Å². The van der Waals surface area contributed by atoms with Crippen molar-refractivity contribution in [2.75, 3.05) is 0 Å². The second-order valence-electron chi connectivity index (χ2n) is 2.48. The minimum atomic E-state index is 0.0202. The number of nitrogens with zero attached hydrogens (tertiary/aromatic N) is 1. The largest absolute Gasteiger partial charge is 0.288 e. The molecule has 1 heterocycles. The van der Waals surface area contributed by atoms with Crippen LogP contribution in [0.2, 0.25) is 0 Å².